The summed E-state index contributed by atoms with van der Waals surface area (Å²) in [6.45, 7) is 11.2. The third kappa shape index (κ3) is 8.23. The Morgan fingerprint density at radius 3 is 2.07 bits per heavy atom. The molecule has 8 heteroatoms. The van der Waals surface area contributed by atoms with Crippen LogP contribution in [0.1, 0.15) is 53.6 Å². The second-order valence-corrected chi connectivity index (χ2v) is 13.9. The number of rotatable bonds is 13. The monoisotopic (exact) mass is 639 g/mol. The number of carbonyl (C=O) groups excluding carboxylic acids is 2. The maximum Gasteiger partial charge on any atom is 0.264 e. The van der Waals surface area contributed by atoms with Crippen molar-refractivity contribution in [2.45, 2.75) is 77.9 Å². The van der Waals surface area contributed by atoms with Gasteiger partial charge in [0, 0.05) is 19.0 Å². The van der Waals surface area contributed by atoms with E-state index in [4.69, 9.17) is 0 Å². The summed E-state index contributed by atoms with van der Waals surface area (Å²) in [7, 11) is -4.16. The first kappa shape index (κ1) is 34.4. The molecule has 0 spiro atoms. The van der Waals surface area contributed by atoms with Gasteiger partial charge < -0.3 is 10.2 Å². The fourth-order valence-electron chi connectivity index (χ4n) is 5.32. The van der Waals surface area contributed by atoms with Gasteiger partial charge in [0.2, 0.25) is 11.8 Å². The molecular formula is C38H45N3O4S. The summed E-state index contributed by atoms with van der Waals surface area (Å²) in [5.41, 5.74) is 5.76. The number of carbonyl (C=O) groups is 2. The van der Waals surface area contributed by atoms with E-state index in [0.717, 1.165) is 39.8 Å². The Morgan fingerprint density at radius 2 is 1.41 bits per heavy atom. The molecule has 0 aliphatic carbocycles. The van der Waals surface area contributed by atoms with Crippen molar-refractivity contribution < 1.29 is 18.0 Å². The molecule has 0 radical (unpaired) electrons. The van der Waals surface area contributed by atoms with Gasteiger partial charge in [-0.05, 0) is 87.1 Å². The lowest BCUT2D eigenvalue weighted by Crippen LogP contribution is -2.54. The summed E-state index contributed by atoms with van der Waals surface area (Å²) in [6.07, 6.45) is 1.000. The smallest absolute Gasteiger partial charge is 0.264 e. The van der Waals surface area contributed by atoms with E-state index in [1.54, 1.807) is 41.3 Å². The van der Waals surface area contributed by atoms with Crippen molar-refractivity contribution in [3.8, 4) is 0 Å². The van der Waals surface area contributed by atoms with E-state index in [9.17, 15) is 18.0 Å². The first-order valence-electron chi connectivity index (χ1n) is 15.8. The topological polar surface area (TPSA) is 86.8 Å². The molecule has 0 saturated heterocycles. The number of nitrogens with zero attached hydrogens (tertiary/aromatic N) is 2. The molecule has 7 nitrogen and oxygen atoms in total. The number of amides is 2. The first-order chi connectivity index (χ1) is 21.9. The summed E-state index contributed by atoms with van der Waals surface area (Å²) in [5.74, 6) is -0.750. The highest BCUT2D eigenvalue weighted by Crippen LogP contribution is 2.29. The second kappa shape index (κ2) is 15.2. The molecule has 46 heavy (non-hydrogen) atoms. The minimum atomic E-state index is -4.16. The van der Waals surface area contributed by atoms with Gasteiger partial charge in [-0.3, -0.25) is 13.9 Å². The minimum Gasteiger partial charge on any atom is -0.352 e. The summed E-state index contributed by atoms with van der Waals surface area (Å²) in [5, 5.41) is 3.08. The van der Waals surface area contributed by atoms with Gasteiger partial charge in [0.15, 0.2) is 0 Å². The third-order valence-electron chi connectivity index (χ3n) is 8.61. The number of sulfonamides is 1. The van der Waals surface area contributed by atoms with Crippen LogP contribution in [0.25, 0.3) is 0 Å². The molecule has 0 aliphatic heterocycles. The molecule has 242 valence electrons. The predicted molar refractivity (Wildman–Crippen MR) is 185 cm³/mol. The molecule has 4 aromatic rings. The number of benzene rings is 4. The van der Waals surface area contributed by atoms with Crippen molar-refractivity contribution in [2.24, 2.45) is 0 Å². The van der Waals surface area contributed by atoms with Crippen LogP contribution in [-0.2, 0) is 32.6 Å². The standard InChI is InChI=1S/C38H45N3O4S/c1-7-30(5)39-38(43)36(24-32-16-9-8-10-17-32)40(25-33-18-12-11-14-29(33)4)37(42)26-41(35-19-13-15-28(3)31(35)6)46(44,45)34-22-20-27(2)21-23-34/h8-23,30,36H,7,24-26H2,1-6H3,(H,39,43). The zero-order chi connectivity index (χ0) is 33.4. The number of nitrogens with one attached hydrogen (secondary N) is 1. The fraction of sp³-hybridized carbons (Fsp3) is 0.316. The van der Waals surface area contributed by atoms with E-state index in [2.05, 4.69) is 5.32 Å². The van der Waals surface area contributed by atoms with Crippen LogP contribution >= 0.6 is 0 Å². The van der Waals surface area contributed by atoms with Crippen molar-refractivity contribution in [3.05, 3.63) is 130 Å². The predicted octanol–water partition coefficient (Wildman–Crippen LogP) is 6.67. The average Bonchev–Trinajstić information content (AvgIpc) is 3.04. The van der Waals surface area contributed by atoms with E-state index >= 15 is 0 Å². The van der Waals surface area contributed by atoms with Crippen molar-refractivity contribution >= 4 is 27.5 Å². The Morgan fingerprint density at radius 1 is 0.783 bits per heavy atom. The van der Waals surface area contributed by atoms with Crippen LogP contribution in [0.3, 0.4) is 0 Å². The molecule has 1 N–H and O–H groups in total. The normalized spacial score (nSPS) is 12.7. The molecule has 4 aromatic carbocycles. The van der Waals surface area contributed by atoms with Crippen molar-refractivity contribution in [1.82, 2.24) is 10.2 Å². The molecule has 2 unspecified atom stereocenters. The summed E-state index contributed by atoms with van der Waals surface area (Å²) < 4.78 is 29.9. The maximum atomic E-state index is 14.7. The maximum absolute atomic E-state index is 14.7. The summed E-state index contributed by atoms with van der Waals surface area (Å²) in [4.78, 5) is 30.3. The van der Waals surface area contributed by atoms with Gasteiger partial charge in [-0.25, -0.2) is 8.42 Å². The van der Waals surface area contributed by atoms with E-state index < -0.39 is 28.5 Å². The van der Waals surface area contributed by atoms with Gasteiger partial charge >= 0.3 is 0 Å². The van der Waals surface area contributed by atoms with Crippen molar-refractivity contribution in [3.63, 3.8) is 0 Å². The quantitative estimate of drug-likeness (QED) is 0.177. The lowest BCUT2D eigenvalue weighted by molar-refractivity contribution is -0.140. The van der Waals surface area contributed by atoms with E-state index in [1.807, 2.05) is 102 Å². The molecule has 2 amide bonds. The average molecular weight is 640 g/mol. The van der Waals surface area contributed by atoms with Crippen LogP contribution in [0.4, 0.5) is 5.69 Å². The second-order valence-electron chi connectivity index (χ2n) is 12.0. The highest BCUT2D eigenvalue weighted by Gasteiger charge is 2.35. The SMILES string of the molecule is CCC(C)NC(=O)C(Cc1ccccc1)N(Cc1ccccc1C)C(=O)CN(c1cccc(C)c1C)S(=O)(=O)c1ccc(C)cc1. The first-order valence-corrected chi connectivity index (χ1v) is 17.2. The lowest BCUT2D eigenvalue weighted by atomic mass is 10.0. The Labute approximate surface area is 274 Å². The van der Waals surface area contributed by atoms with E-state index in [1.165, 1.54) is 4.31 Å². The van der Waals surface area contributed by atoms with E-state index in [-0.39, 0.29) is 29.8 Å². The van der Waals surface area contributed by atoms with E-state index in [0.29, 0.717) is 5.69 Å². The Hall–Kier alpha value is -4.43. The molecule has 0 bridgehead atoms. The molecule has 0 aliphatic rings. The number of hydrogen-bond donors (Lipinski definition) is 1. The van der Waals surface area contributed by atoms with Gasteiger partial charge in [-0.2, -0.15) is 0 Å². The molecular weight excluding hydrogens is 595 g/mol. The summed E-state index contributed by atoms with van der Waals surface area (Å²) in [6, 6.07) is 28.4. The van der Waals surface area contributed by atoms with Crippen LogP contribution in [0.15, 0.2) is 102 Å². The van der Waals surface area contributed by atoms with Crippen LogP contribution in [-0.4, -0.2) is 43.8 Å². The molecule has 0 saturated carbocycles. The molecule has 4 rings (SSSR count). The fourth-order valence-corrected chi connectivity index (χ4v) is 6.79. The van der Waals surface area contributed by atoms with Gasteiger partial charge in [0.25, 0.3) is 10.0 Å². The molecule has 0 fully saturated rings. The van der Waals surface area contributed by atoms with Crippen LogP contribution in [0.5, 0.6) is 0 Å². The van der Waals surface area contributed by atoms with Crippen LogP contribution in [0.2, 0.25) is 0 Å². The zero-order valence-corrected chi connectivity index (χ0v) is 28.5. The Bertz CT molecular complexity index is 1750. The van der Waals surface area contributed by atoms with Crippen molar-refractivity contribution in [2.75, 3.05) is 10.8 Å². The molecule has 0 heterocycles. The summed E-state index contributed by atoms with van der Waals surface area (Å²) >= 11 is 0. The van der Waals surface area contributed by atoms with Crippen LogP contribution in [0, 0.1) is 27.7 Å². The highest BCUT2D eigenvalue weighted by molar-refractivity contribution is 7.92. The van der Waals surface area contributed by atoms with Gasteiger partial charge in [0.1, 0.15) is 12.6 Å². The lowest BCUT2D eigenvalue weighted by Gasteiger charge is -2.35. The van der Waals surface area contributed by atoms with Gasteiger partial charge in [-0.1, -0.05) is 91.3 Å². The van der Waals surface area contributed by atoms with Gasteiger partial charge in [0.05, 0.1) is 10.6 Å². The third-order valence-corrected chi connectivity index (χ3v) is 10.4. The minimum absolute atomic E-state index is 0.0904. The van der Waals surface area contributed by atoms with Crippen molar-refractivity contribution in [1.29, 1.82) is 0 Å². The number of hydrogen-bond acceptors (Lipinski definition) is 4. The van der Waals surface area contributed by atoms with Gasteiger partial charge in [-0.15, -0.1) is 0 Å². The largest absolute Gasteiger partial charge is 0.352 e. The number of anilines is 1. The Balaban J connectivity index is 1.85. The molecule has 0 aromatic heterocycles. The Kier molecular flexibility index (Phi) is 11.4. The van der Waals surface area contributed by atoms with Crippen LogP contribution < -0.4 is 9.62 Å². The number of aryl methyl sites for hydroxylation is 3. The molecule has 2 atom stereocenters. The zero-order valence-electron chi connectivity index (χ0n) is 27.7. The highest BCUT2D eigenvalue weighted by atomic mass is 32.2.